The largest absolute Gasteiger partial charge is 0.298 e. The summed E-state index contributed by atoms with van der Waals surface area (Å²) < 4.78 is 21.6. The van der Waals surface area contributed by atoms with Crippen molar-refractivity contribution in [1.82, 2.24) is 0 Å². The van der Waals surface area contributed by atoms with E-state index >= 15 is 0 Å². The van der Waals surface area contributed by atoms with Crippen LogP contribution in [0.15, 0.2) is 30.3 Å². The standard InChI is InChI=1S/C12H16O3S/c1-12(2,16(3,14)15)11(13)9-10-7-5-4-6-8-10/h4-8H,9H2,1-3H3. The highest BCUT2D eigenvalue weighted by molar-refractivity contribution is 7.92. The summed E-state index contributed by atoms with van der Waals surface area (Å²) in [5.41, 5.74) is 0.837. The molecule has 0 aliphatic heterocycles. The summed E-state index contributed by atoms with van der Waals surface area (Å²) in [6, 6.07) is 9.15. The van der Waals surface area contributed by atoms with Gasteiger partial charge < -0.3 is 0 Å². The van der Waals surface area contributed by atoms with E-state index in [1.54, 1.807) is 0 Å². The number of rotatable bonds is 4. The average molecular weight is 240 g/mol. The molecule has 1 rings (SSSR count). The second kappa shape index (κ2) is 4.37. The van der Waals surface area contributed by atoms with E-state index in [9.17, 15) is 13.2 Å². The number of hydrogen-bond acceptors (Lipinski definition) is 3. The van der Waals surface area contributed by atoms with Gasteiger partial charge in [0.25, 0.3) is 0 Å². The van der Waals surface area contributed by atoms with Gasteiger partial charge in [-0.2, -0.15) is 0 Å². The number of sulfone groups is 1. The Balaban J connectivity index is 2.90. The van der Waals surface area contributed by atoms with Crippen molar-refractivity contribution in [2.45, 2.75) is 25.0 Å². The van der Waals surface area contributed by atoms with E-state index in [0.29, 0.717) is 0 Å². The maximum Gasteiger partial charge on any atom is 0.159 e. The second-order valence-corrected chi connectivity index (χ2v) is 6.93. The van der Waals surface area contributed by atoms with Crippen LogP contribution in [-0.2, 0) is 21.1 Å². The zero-order chi connectivity index (χ0) is 12.4. The molecule has 0 amide bonds. The predicted molar refractivity (Wildman–Crippen MR) is 64.1 cm³/mol. The van der Waals surface area contributed by atoms with Crippen molar-refractivity contribution in [3.05, 3.63) is 35.9 Å². The summed E-state index contributed by atoms with van der Waals surface area (Å²) in [6.07, 6.45) is 1.25. The molecule has 0 heterocycles. The topological polar surface area (TPSA) is 51.2 Å². The van der Waals surface area contributed by atoms with Crippen LogP contribution < -0.4 is 0 Å². The third-order valence-electron chi connectivity index (χ3n) is 2.81. The molecule has 0 aromatic heterocycles. The van der Waals surface area contributed by atoms with Crippen LogP contribution in [0.5, 0.6) is 0 Å². The van der Waals surface area contributed by atoms with Gasteiger partial charge in [0.15, 0.2) is 15.6 Å². The highest BCUT2D eigenvalue weighted by Crippen LogP contribution is 2.18. The highest BCUT2D eigenvalue weighted by atomic mass is 32.2. The van der Waals surface area contributed by atoms with Crippen LogP contribution in [0, 0.1) is 0 Å². The van der Waals surface area contributed by atoms with Crippen molar-refractivity contribution in [3.8, 4) is 0 Å². The molecule has 0 saturated heterocycles. The Morgan fingerprint density at radius 1 is 1.19 bits per heavy atom. The Morgan fingerprint density at radius 2 is 1.69 bits per heavy atom. The first-order valence-electron chi connectivity index (χ1n) is 5.02. The Bertz CT molecular complexity index is 472. The Hall–Kier alpha value is -1.16. The van der Waals surface area contributed by atoms with Crippen molar-refractivity contribution in [3.63, 3.8) is 0 Å². The smallest absolute Gasteiger partial charge is 0.159 e. The van der Waals surface area contributed by atoms with E-state index in [-0.39, 0.29) is 12.2 Å². The maximum atomic E-state index is 11.9. The second-order valence-electron chi connectivity index (χ2n) is 4.37. The van der Waals surface area contributed by atoms with Gasteiger partial charge in [0.05, 0.1) is 0 Å². The van der Waals surface area contributed by atoms with Crippen LogP contribution in [-0.4, -0.2) is 25.2 Å². The number of hydrogen-bond donors (Lipinski definition) is 0. The molecule has 0 radical (unpaired) electrons. The van der Waals surface area contributed by atoms with Crippen LogP contribution in [0.1, 0.15) is 19.4 Å². The first-order chi connectivity index (χ1) is 7.25. The Labute approximate surface area is 96.4 Å². The summed E-state index contributed by atoms with van der Waals surface area (Å²) in [7, 11) is -3.37. The normalized spacial score (nSPS) is 12.4. The van der Waals surface area contributed by atoms with Crippen LogP contribution in [0.4, 0.5) is 0 Å². The van der Waals surface area contributed by atoms with Gasteiger partial charge >= 0.3 is 0 Å². The molecule has 1 aromatic carbocycles. The van der Waals surface area contributed by atoms with Gasteiger partial charge in [-0.3, -0.25) is 4.79 Å². The summed E-state index contributed by atoms with van der Waals surface area (Å²) in [5, 5.41) is 0. The predicted octanol–water partition coefficient (Wildman–Crippen LogP) is 1.62. The van der Waals surface area contributed by atoms with Gasteiger partial charge in [-0.25, -0.2) is 8.42 Å². The molecular formula is C12H16O3S. The quantitative estimate of drug-likeness (QED) is 0.803. The fourth-order valence-corrected chi connectivity index (χ4v) is 1.69. The maximum absolute atomic E-state index is 11.9. The van der Waals surface area contributed by atoms with E-state index in [1.807, 2.05) is 30.3 Å². The summed E-state index contributed by atoms with van der Waals surface area (Å²) in [4.78, 5) is 11.9. The van der Waals surface area contributed by atoms with Crippen LogP contribution in [0.25, 0.3) is 0 Å². The molecule has 1 aromatic rings. The Kier molecular flexibility index (Phi) is 3.53. The molecule has 0 bridgehead atoms. The fourth-order valence-electron chi connectivity index (χ4n) is 1.20. The van der Waals surface area contributed by atoms with Crippen molar-refractivity contribution in [2.75, 3.05) is 6.26 Å². The van der Waals surface area contributed by atoms with Crippen molar-refractivity contribution in [2.24, 2.45) is 0 Å². The number of Topliss-reactive ketones (excluding diaryl/α,β-unsaturated/α-hetero) is 1. The fraction of sp³-hybridized carbons (Fsp3) is 0.417. The third-order valence-corrected chi connectivity index (χ3v) is 4.89. The van der Waals surface area contributed by atoms with Crippen molar-refractivity contribution < 1.29 is 13.2 Å². The number of carbonyl (C=O) groups is 1. The van der Waals surface area contributed by atoms with Gasteiger partial charge in [0.2, 0.25) is 0 Å². The number of ketones is 1. The van der Waals surface area contributed by atoms with Gasteiger partial charge in [0, 0.05) is 12.7 Å². The lowest BCUT2D eigenvalue weighted by Crippen LogP contribution is -2.40. The first-order valence-corrected chi connectivity index (χ1v) is 6.91. The van der Waals surface area contributed by atoms with E-state index in [0.717, 1.165) is 11.8 Å². The summed E-state index contributed by atoms with van der Waals surface area (Å²) in [6.45, 7) is 2.90. The SMILES string of the molecule is CC(C)(C(=O)Cc1ccccc1)S(C)(=O)=O. The molecule has 0 aliphatic rings. The van der Waals surface area contributed by atoms with Crippen molar-refractivity contribution >= 4 is 15.6 Å². The van der Waals surface area contributed by atoms with Gasteiger partial charge in [-0.15, -0.1) is 0 Å². The molecule has 88 valence electrons. The molecule has 0 aliphatic carbocycles. The molecule has 0 saturated carbocycles. The third kappa shape index (κ3) is 2.70. The lowest BCUT2D eigenvalue weighted by Gasteiger charge is -2.20. The van der Waals surface area contributed by atoms with Crippen LogP contribution in [0.2, 0.25) is 0 Å². The van der Waals surface area contributed by atoms with Crippen LogP contribution >= 0.6 is 0 Å². The monoisotopic (exact) mass is 240 g/mol. The molecule has 0 N–H and O–H groups in total. The summed E-state index contributed by atoms with van der Waals surface area (Å²) >= 11 is 0. The molecule has 0 spiro atoms. The van der Waals surface area contributed by atoms with Crippen molar-refractivity contribution in [1.29, 1.82) is 0 Å². The zero-order valence-electron chi connectivity index (χ0n) is 9.73. The first kappa shape index (κ1) is 12.9. The average Bonchev–Trinajstić information content (AvgIpc) is 2.17. The molecule has 0 atom stereocenters. The highest BCUT2D eigenvalue weighted by Gasteiger charge is 2.37. The van der Waals surface area contributed by atoms with Gasteiger partial charge in [-0.1, -0.05) is 30.3 Å². The number of carbonyl (C=O) groups excluding carboxylic acids is 1. The summed E-state index contributed by atoms with van der Waals surface area (Å²) in [5.74, 6) is -0.277. The minimum atomic E-state index is -3.37. The van der Waals surface area contributed by atoms with E-state index < -0.39 is 14.6 Å². The minimum absolute atomic E-state index is 0.154. The van der Waals surface area contributed by atoms with Gasteiger partial charge in [0.1, 0.15) is 4.75 Å². The zero-order valence-corrected chi connectivity index (χ0v) is 10.5. The minimum Gasteiger partial charge on any atom is -0.298 e. The molecule has 16 heavy (non-hydrogen) atoms. The molecule has 0 fully saturated rings. The van der Waals surface area contributed by atoms with Gasteiger partial charge in [-0.05, 0) is 19.4 Å². The number of benzene rings is 1. The van der Waals surface area contributed by atoms with E-state index in [2.05, 4.69) is 0 Å². The van der Waals surface area contributed by atoms with E-state index in [4.69, 9.17) is 0 Å². The lowest BCUT2D eigenvalue weighted by molar-refractivity contribution is -0.120. The Morgan fingerprint density at radius 3 is 2.12 bits per heavy atom. The molecular weight excluding hydrogens is 224 g/mol. The molecule has 0 unspecified atom stereocenters. The molecule has 3 nitrogen and oxygen atoms in total. The molecule has 4 heteroatoms. The van der Waals surface area contributed by atoms with Crippen LogP contribution in [0.3, 0.4) is 0 Å². The van der Waals surface area contributed by atoms with E-state index in [1.165, 1.54) is 13.8 Å². The lowest BCUT2D eigenvalue weighted by atomic mass is 10.0.